The summed E-state index contributed by atoms with van der Waals surface area (Å²) >= 11 is 0. The number of aliphatic hydroxyl groups excluding tert-OH is 1. The van der Waals surface area contributed by atoms with Crippen molar-refractivity contribution in [3.8, 4) is 0 Å². The van der Waals surface area contributed by atoms with Gasteiger partial charge in [-0.3, -0.25) is 4.79 Å². The fraction of sp³-hybridized carbons (Fsp3) is 0.923. The second-order valence-corrected chi connectivity index (χ2v) is 5.58. The molecule has 0 aromatic rings. The summed E-state index contributed by atoms with van der Waals surface area (Å²) in [5.41, 5.74) is 5.83. The van der Waals surface area contributed by atoms with Crippen LogP contribution in [-0.2, 0) is 4.79 Å². The second-order valence-electron chi connectivity index (χ2n) is 5.58. The van der Waals surface area contributed by atoms with E-state index in [2.05, 4.69) is 5.32 Å². The molecule has 0 saturated heterocycles. The van der Waals surface area contributed by atoms with Crippen molar-refractivity contribution < 1.29 is 9.90 Å². The molecule has 0 radical (unpaired) electrons. The molecule has 2 aliphatic rings. The molecule has 0 aromatic heterocycles. The topological polar surface area (TPSA) is 75.4 Å². The van der Waals surface area contributed by atoms with Crippen LogP contribution in [0.25, 0.3) is 0 Å². The van der Waals surface area contributed by atoms with E-state index in [0.717, 1.165) is 51.4 Å². The molecule has 0 aliphatic heterocycles. The molecule has 0 bridgehead atoms. The Hall–Kier alpha value is -0.610. The average Bonchev–Trinajstić information content (AvgIpc) is 2.33. The maximum absolute atomic E-state index is 12.1. The number of hydrogen-bond acceptors (Lipinski definition) is 3. The molecular weight excluding hydrogens is 216 g/mol. The highest BCUT2D eigenvalue weighted by Gasteiger charge is 2.29. The first kappa shape index (κ1) is 12.8. The Balaban J connectivity index is 1.79. The predicted molar refractivity (Wildman–Crippen MR) is 66.3 cm³/mol. The Morgan fingerprint density at radius 2 is 1.71 bits per heavy atom. The van der Waals surface area contributed by atoms with Crippen molar-refractivity contribution in [3.05, 3.63) is 0 Å². The Bertz CT molecular complexity index is 262. The van der Waals surface area contributed by atoms with Gasteiger partial charge >= 0.3 is 0 Å². The molecular formula is C13H24N2O2. The molecule has 2 unspecified atom stereocenters. The number of nitrogens with one attached hydrogen (secondary N) is 1. The first-order valence-corrected chi connectivity index (χ1v) is 6.91. The lowest BCUT2D eigenvalue weighted by atomic mass is 9.85. The number of aliphatic hydroxyl groups is 1. The van der Waals surface area contributed by atoms with E-state index >= 15 is 0 Å². The SMILES string of the molecule is NC1CCC(C(=O)NC2CCCCC2O)CC1. The summed E-state index contributed by atoms with van der Waals surface area (Å²) in [6.07, 6.45) is 7.27. The van der Waals surface area contributed by atoms with Crippen LogP contribution in [0.1, 0.15) is 51.4 Å². The number of hydrogen-bond donors (Lipinski definition) is 3. The molecule has 2 aliphatic carbocycles. The minimum absolute atomic E-state index is 0.0214. The third kappa shape index (κ3) is 3.42. The summed E-state index contributed by atoms with van der Waals surface area (Å²) in [7, 11) is 0. The van der Waals surface area contributed by atoms with Crippen molar-refractivity contribution in [1.29, 1.82) is 0 Å². The summed E-state index contributed by atoms with van der Waals surface area (Å²) in [5, 5.41) is 12.8. The van der Waals surface area contributed by atoms with Gasteiger partial charge in [0.2, 0.25) is 5.91 Å². The van der Waals surface area contributed by atoms with Gasteiger partial charge in [-0.15, -0.1) is 0 Å². The molecule has 0 aromatic carbocycles. The molecule has 4 heteroatoms. The zero-order valence-electron chi connectivity index (χ0n) is 10.4. The molecule has 4 N–H and O–H groups in total. The lowest BCUT2D eigenvalue weighted by molar-refractivity contribution is -0.128. The van der Waals surface area contributed by atoms with Crippen LogP contribution in [0.5, 0.6) is 0 Å². The van der Waals surface area contributed by atoms with Gasteiger partial charge in [-0.2, -0.15) is 0 Å². The molecule has 0 heterocycles. The van der Waals surface area contributed by atoms with Crippen molar-refractivity contribution in [1.82, 2.24) is 5.32 Å². The summed E-state index contributed by atoms with van der Waals surface area (Å²) in [6, 6.07) is 0.256. The van der Waals surface area contributed by atoms with Crippen molar-refractivity contribution in [2.24, 2.45) is 11.7 Å². The Kier molecular flexibility index (Phi) is 4.40. The van der Waals surface area contributed by atoms with E-state index in [4.69, 9.17) is 5.73 Å². The number of nitrogens with two attached hydrogens (primary N) is 1. The summed E-state index contributed by atoms with van der Waals surface area (Å²) in [6.45, 7) is 0. The number of rotatable bonds is 2. The van der Waals surface area contributed by atoms with Crippen LogP contribution in [0.2, 0.25) is 0 Å². The van der Waals surface area contributed by atoms with Crippen LogP contribution in [-0.4, -0.2) is 29.2 Å². The number of carbonyl (C=O) groups is 1. The fourth-order valence-corrected chi connectivity index (χ4v) is 2.96. The second kappa shape index (κ2) is 5.83. The zero-order valence-corrected chi connectivity index (χ0v) is 10.4. The van der Waals surface area contributed by atoms with Gasteiger partial charge in [0, 0.05) is 12.0 Å². The van der Waals surface area contributed by atoms with Crippen molar-refractivity contribution >= 4 is 5.91 Å². The van der Waals surface area contributed by atoms with E-state index in [0.29, 0.717) is 0 Å². The minimum atomic E-state index is -0.349. The van der Waals surface area contributed by atoms with E-state index in [1.165, 1.54) is 0 Å². The summed E-state index contributed by atoms with van der Waals surface area (Å²) in [5.74, 6) is 0.242. The van der Waals surface area contributed by atoms with E-state index in [1.807, 2.05) is 0 Å². The van der Waals surface area contributed by atoms with E-state index in [9.17, 15) is 9.90 Å². The van der Waals surface area contributed by atoms with E-state index in [1.54, 1.807) is 0 Å². The Morgan fingerprint density at radius 3 is 2.35 bits per heavy atom. The molecule has 4 nitrogen and oxygen atoms in total. The van der Waals surface area contributed by atoms with E-state index < -0.39 is 0 Å². The van der Waals surface area contributed by atoms with Crippen molar-refractivity contribution in [3.63, 3.8) is 0 Å². The van der Waals surface area contributed by atoms with Gasteiger partial charge < -0.3 is 16.2 Å². The van der Waals surface area contributed by atoms with Gasteiger partial charge in [-0.1, -0.05) is 12.8 Å². The van der Waals surface area contributed by atoms with Gasteiger partial charge in [0.15, 0.2) is 0 Å². The third-order valence-corrected chi connectivity index (χ3v) is 4.20. The normalized spacial score (nSPS) is 38.7. The molecule has 2 rings (SSSR count). The monoisotopic (exact) mass is 240 g/mol. The largest absolute Gasteiger partial charge is 0.391 e. The first-order valence-electron chi connectivity index (χ1n) is 6.91. The van der Waals surface area contributed by atoms with Crippen LogP contribution >= 0.6 is 0 Å². The average molecular weight is 240 g/mol. The zero-order chi connectivity index (χ0) is 12.3. The lowest BCUT2D eigenvalue weighted by Crippen LogP contribution is -2.48. The van der Waals surface area contributed by atoms with Crippen LogP contribution in [0.4, 0.5) is 0 Å². The minimum Gasteiger partial charge on any atom is -0.391 e. The van der Waals surface area contributed by atoms with Crippen LogP contribution in [0.15, 0.2) is 0 Å². The van der Waals surface area contributed by atoms with Crippen LogP contribution < -0.4 is 11.1 Å². The van der Waals surface area contributed by atoms with Gasteiger partial charge in [-0.05, 0) is 38.5 Å². The highest BCUT2D eigenvalue weighted by atomic mass is 16.3. The highest BCUT2D eigenvalue weighted by Crippen LogP contribution is 2.24. The highest BCUT2D eigenvalue weighted by molar-refractivity contribution is 5.79. The standard InChI is InChI=1S/C13H24N2O2/c14-10-7-5-9(6-8-10)13(17)15-11-3-1-2-4-12(11)16/h9-12,16H,1-8,14H2,(H,15,17). The number of carbonyl (C=O) groups excluding carboxylic acids is 1. The molecule has 17 heavy (non-hydrogen) atoms. The Morgan fingerprint density at radius 1 is 1.06 bits per heavy atom. The van der Waals surface area contributed by atoms with E-state index in [-0.39, 0.29) is 30.0 Å². The lowest BCUT2D eigenvalue weighted by Gasteiger charge is -2.31. The van der Waals surface area contributed by atoms with Gasteiger partial charge in [0.25, 0.3) is 0 Å². The van der Waals surface area contributed by atoms with Crippen molar-refractivity contribution in [2.45, 2.75) is 69.6 Å². The summed E-state index contributed by atoms with van der Waals surface area (Å²) < 4.78 is 0. The molecule has 2 fully saturated rings. The molecule has 2 saturated carbocycles. The third-order valence-electron chi connectivity index (χ3n) is 4.20. The quantitative estimate of drug-likeness (QED) is 0.672. The predicted octanol–water partition coefficient (Wildman–Crippen LogP) is 0.924. The molecule has 98 valence electrons. The molecule has 0 spiro atoms. The van der Waals surface area contributed by atoms with Crippen LogP contribution in [0.3, 0.4) is 0 Å². The fourth-order valence-electron chi connectivity index (χ4n) is 2.96. The molecule has 1 amide bonds. The van der Waals surface area contributed by atoms with Gasteiger partial charge in [0.1, 0.15) is 0 Å². The number of amides is 1. The first-order chi connectivity index (χ1) is 8.16. The molecule has 2 atom stereocenters. The maximum atomic E-state index is 12.1. The van der Waals surface area contributed by atoms with Crippen molar-refractivity contribution in [2.75, 3.05) is 0 Å². The maximum Gasteiger partial charge on any atom is 0.223 e. The smallest absolute Gasteiger partial charge is 0.223 e. The summed E-state index contributed by atoms with van der Waals surface area (Å²) in [4.78, 5) is 12.1. The van der Waals surface area contributed by atoms with Gasteiger partial charge in [0.05, 0.1) is 12.1 Å². The van der Waals surface area contributed by atoms with Crippen LogP contribution in [0, 0.1) is 5.92 Å². The van der Waals surface area contributed by atoms with Gasteiger partial charge in [-0.25, -0.2) is 0 Å². The Labute approximate surface area is 103 Å².